The number of nitrogens with zero attached hydrogens (tertiary/aromatic N) is 2. The lowest BCUT2D eigenvalue weighted by atomic mass is 10.1. The maximum Gasteiger partial charge on any atom is 0.117 e. The molecule has 1 atom stereocenters. The Balaban J connectivity index is 1.91. The van der Waals surface area contributed by atoms with E-state index < -0.39 is 0 Å². The Morgan fingerprint density at radius 3 is 2.12 bits per heavy atom. The Morgan fingerprint density at radius 1 is 0.765 bits per heavy atom. The van der Waals surface area contributed by atoms with Gasteiger partial charge in [-0.1, -0.05) is 60.7 Å². The van der Waals surface area contributed by atoms with Crippen molar-refractivity contribution in [2.45, 2.75) is 6.04 Å². The van der Waals surface area contributed by atoms with E-state index in [9.17, 15) is 0 Å². The van der Waals surface area contributed by atoms with Crippen LogP contribution in [0, 0.1) is 0 Å². The second-order valence-electron chi connectivity index (χ2n) is 3.99. The monoisotopic (exact) mass is 220 g/mol. The normalized spacial score (nSPS) is 18.1. The van der Waals surface area contributed by atoms with Gasteiger partial charge in [0.15, 0.2) is 0 Å². The van der Waals surface area contributed by atoms with Gasteiger partial charge < -0.3 is 0 Å². The van der Waals surface area contributed by atoms with E-state index in [0.29, 0.717) is 0 Å². The summed E-state index contributed by atoms with van der Waals surface area (Å²) in [6.45, 7) is 0. The molecule has 3 rings (SSSR count). The highest BCUT2D eigenvalue weighted by atomic mass is 15.2. The topological polar surface area (TPSA) is 24.7 Å². The third kappa shape index (κ3) is 2.02. The van der Waals surface area contributed by atoms with Crippen molar-refractivity contribution < 1.29 is 0 Å². The largest absolute Gasteiger partial charge is 0.176 e. The first-order chi connectivity index (χ1) is 8.43. The van der Waals surface area contributed by atoms with E-state index in [0.717, 1.165) is 11.3 Å². The Bertz CT molecular complexity index is 556. The summed E-state index contributed by atoms with van der Waals surface area (Å²) in [6.07, 6.45) is 2.10. The molecule has 1 aliphatic heterocycles. The molecule has 0 spiro atoms. The molecule has 2 heteroatoms. The van der Waals surface area contributed by atoms with Crippen LogP contribution in [0.2, 0.25) is 0 Å². The summed E-state index contributed by atoms with van der Waals surface area (Å²) in [6, 6.07) is 20.4. The van der Waals surface area contributed by atoms with Crippen LogP contribution < -0.4 is 0 Å². The fourth-order valence-electron chi connectivity index (χ4n) is 1.92. The molecule has 82 valence electrons. The zero-order chi connectivity index (χ0) is 11.5. The van der Waals surface area contributed by atoms with Crippen molar-refractivity contribution in [1.29, 1.82) is 0 Å². The first-order valence-corrected chi connectivity index (χ1v) is 5.66. The van der Waals surface area contributed by atoms with Crippen LogP contribution in [0.1, 0.15) is 17.2 Å². The first-order valence-electron chi connectivity index (χ1n) is 5.66. The highest BCUT2D eigenvalue weighted by molar-refractivity contribution is 5.66. The molecule has 1 heterocycles. The minimum absolute atomic E-state index is 0.0615. The van der Waals surface area contributed by atoms with Crippen molar-refractivity contribution in [2.24, 2.45) is 10.2 Å². The zero-order valence-electron chi connectivity index (χ0n) is 9.32. The molecule has 0 fully saturated rings. The molecule has 0 N–H and O–H groups in total. The molecule has 0 aromatic heterocycles. The summed E-state index contributed by atoms with van der Waals surface area (Å²) >= 11 is 0. The van der Waals surface area contributed by atoms with Crippen molar-refractivity contribution in [3.05, 3.63) is 77.9 Å². The fourth-order valence-corrected chi connectivity index (χ4v) is 1.92. The number of hydrogen-bond donors (Lipinski definition) is 0. The predicted molar refractivity (Wildman–Crippen MR) is 68.5 cm³/mol. The molecular formula is C15H12N2. The van der Waals surface area contributed by atoms with Crippen LogP contribution in [-0.4, -0.2) is 0 Å². The summed E-state index contributed by atoms with van der Waals surface area (Å²) in [5, 5.41) is 8.55. The number of rotatable bonds is 2. The van der Waals surface area contributed by atoms with Gasteiger partial charge >= 0.3 is 0 Å². The van der Waals surface area contributed by atoms with Crippen molar-refractivity contribution in [2.75, 3.05) is 0 Å². The van der Waals surface area contributed by atoms with Crippen molar-refractivity contribution in [1.82, 2.24) is 0 Å². The lowest BCUT2D eigenvalue weighted by Gasteiger charge is -2.01. The summed E-state index contributed by atoms with van der Waals surface area (Å²) in [5.74, 6) is 0. The minimum Gasteiger partial charge on any atom is -0.176 e. The van der Waals surface area contributed by atoms with E-state index in [-0.39, 0.29) is 6.04 Å². The molecule has 2 nitrogen and oxygen atoms in total. The van der Waals surface area contributed by atoms with Crippen molar-refractivity contribution in [3.8, 4) is 0 Å². The third-order valence-electron chi connectivity index (χ3n) is 2.82. The maximum atomic E-state index is 4.30. The second kappa shape index (κ2) is 4.34. The van der Waals surface area contributed by atoms with E-state index in [1.807, 2.05) is 36.4 Å². The van der Waals surface area contributed by atoms with Gasteiger partial charge in [0.1, 0.15) is 6.04 Å². The Labute approximate surface area is 100 Å². The smallest absolute Gasteiger partial charge is 0.117 e. The highest BCUT2D eigenvalue weighted by Crippen LogP contribution is 2.31. The van der Waals surface area contributed by atoms with Gasteiger partial charge in [0, 0.05) is 5.56 Å². The molecule has 0 aliphatic carbocycles. The molecule has 1 aliphatic rings. The van der Waals surface area contributed by atoms with Gasteiger partial charge in [0.05, 0.1) is 5.70 Å². The molecule has 0 unspecified atom stereocenters. The van der Waals surface area contributed by atoms with Crippen LogP contribution in [0.5, 0.6) is 0 Å². The predicted octanol–water partition coefficient (Wildman–Crippen LogP) is 4.23. The summed E-state index contributed by atoms with van der Waals surface area (Å²) in [5.41, 5.74) is 3.26. The number of azo groups is 1. The van der Waals surface area contributed by atoms with E-state index in [4.69, 9.17) is 0 Å². The molecule has 0 amide bonds. The van der Waals surface area contributed by atoms with Gasteiger partial charge in [-0.2, -0.15) is 10.2 Å². The van der Waals surface area contributed by atoms with Crippen molar-refractivity contribution in [3.63, 3.8) is 0 Å². The first kappa shape index (κ1) is 9.97. The quantitative estimate of drug-likeness (QED) is 0.723. The van der Waals surface area contributed by atoms with Crippen LogP contribution in [0.25, 0.3) is 5.70 Å². The van der Waals surface area contributed by atoms with Gasteiger partial charge in [-0.3, -0.25) is 0 Å². The highest BCUT2D eigenvalue weighted by Gasteiger charge is 2.15. The Hall–Kier alpha value is -2.22. The number of hydrogen-bond acceptors (Lipinski definition) is 2. The molecule has 0 radical (unpaired) electrons. The maximum absolute atomic E-state index is 4.30. The van der Waals surface area contributed by atoms with Crippen LogP contribution in [0.4, 0.5) is 0 Å². The van der Waals surface area contributed by atoms with Gasteiger partial charge in [-0.15, -0.1) is 0 Å². The second-order valence-corrected chi connectivity index (χ2v) is 3.99. The van der Waals surface area contributed by atoms with Crippen LogP contribution in [-0.2, 0) is 0 Å². The third-order valence-corrected chi connectivity index (χ3v) is 2.82. The standard InChI is InChI=1S/C15H12N2/c1-3-7-12(8-4-1)14-11-15(17-16-14)13-9-5-2-6-10-13/h1-11,14H/t14-/m1/s1. The van der Waals surface area contributed by atoms with Crippen LogP contribution in [0.15, 0.2) is 77.0 Å². The van der Waals surface area contributed by atoms with E-state index >= 15 is 0 Å². The van der Waals surface area contributed by atoms with Gasteiger partial charge in [0.25, 0.3) is 0 Å². The lowest BCUT2D eigenvalue weighted by molar-refractivity contribution is 0.881. The minimum atomic E-state index is 0.0615. The molecule has 0 bridgehead atoms. The summed E-state index contributed by atoms with van der Waals surface area (Å²) in [4.78, 5) is 0. The van der Waals surface area contributed by atoms with Gasteiger partial charge in [-0.25, -0.2) is 0 Å². The molecular weight excluding hydrogens is 208 g/mol. The van der Waals surface area contributed by atoms with Crippen molar-refractivity contribution >= 4 is 5.70 Å². The average molecular weight is 220 g/mol. The van der Waals surface area contributed by atoms with Crippen LogP contribution >= 0.6 is 0 Å². The Morgan fingerprint density at radius 2 is 1.41 bits per heavy atom. The summed E-state index contributed by atoms with van der Waals surface area (Å²) < 4.78 is 0. The fraction of sp³-hybridized carbons (Fsp3) is 0.0667. The molecule has 0 saturated heterocycles. The SMILES string of the molecule is C1=C(c2ccccc2)N=N[C@H]1c1ccccc1. The number of benzene rings is 2. The molecule has 0 saturated carbocycles. The average Bonchev–Trinajstić information content (AvgIpc) is 2.90. The van der Waals surface area contributed by atoms with Gasteiger partial charge in [0.2, 0.25) is 0 Å². The molecule has 17 heavy (non-hydrogen) atoms. The van der Waals surface area contributed by atoms with Crippen LogP contribution in [0.3, 0.4) is 0 Å². The van der Waals surface area contributed by atoms with Gasteiger partial charge in [-0.05, 0) is 11.6 Å². The van der Waals surface area contributed by atoms with E-state index in [2.05, 4.69) is 40.6 Å². The molecule has 2 aromatic rings. The van der Waals surface area contributed by atoms with E-state index in [1.54, 1.807) is 0 Å². The van der Waals surface area contributed by atoms with E-state index in [1.165, 1.54) is 5.56 Å². The summed E-state index contributed by atoms with van der Waals surface area (Å²) in [7, 11) is 0. The zero-order valence-corrected chi connectivity index (χ0v) is 9.32. The lowest BCUT2D eigenvalue weighted by Crippen LogP contribution is -1.87. The molecule has 2 aromatic carbocycles. The Kier molecular flexibility index (Phi) is 2.54.